The van der Waals surface area contributed by atoms with E-state index in [2.05, 4.69) is 39.3 Å². The van der Waals surface area contributed by atoms with Crippen LogP contribution in [0.4, 0.5) is 17.3 Å². The Morgan fingerprint density at radius 1 is 0.964 bits per heavy atom. The summed E-state index contributed by atoms with van der Waals surface area (Å²) in [5, 5.41) is 6.03. The summed E-state index contributed by atoms with van der Waals surface area (Å²) in [5.41, 5.74) is 3.31. The second-order valence-electron chi connectivity index (χ2n) is 6.28. The van der Waals surface area contributed by atoms with E-state index >= 15 is 0 Å². The number of benzene rings is 2. The highest BCUT2D eigenvalue weighted by atomic mass is 16.1. The minimum Gasteiger partial charge on any atom is -0.372 e. The molecule has 144 valence electrons. The highest BCUT2D eigenvalue weighted by molar-refractivity contribution is 6.03. The van der Waals surface area contributed by atoms with E-state index in [1.54, 1.807) is 12.3 Å². The zero-order chi connectivity index (χ0) is 19.8. The number of carbonyl (C=O) groups excluding carboxylic acids is 1. The third kappa shape index (κ3) is 5.07. The fourth-order valence-corrected chi connectivity index (χ4v) is 2.89. The molecule has 1 heterocycles. The van der Waals surface area contributed by atoms with Crippen molar-refractivity contribution in [1.29, 1.82) is 0 Å². The van der Waals surface area contributed by atoms with Gasteiger partial charge in [-0.1, -0.05) is 30.3 Å². The van der Waals surface area contributed by atoms with Gasteiger partial charge in [0.2, 0.25) is 5.95 Å². The molecule has 0 unspecified atom stereocenters. The maximum Gasteiger partial charge on any atom is 0.274 e. The van der Waals surface area contributed by atoms with Crippen molar-refractivity contribution in [2.75, 3.05) is 28.6 Å². The maximum atomic E-state index is 12.5. The Labute approximate surface area is 165 Å². The van der Waals surface area contributed by atoms with Crippen LogP contribution in [0, 0.1) is 0 Å². The van der Waals surface area contributed by atoms with E-state index in [0.29, 0.717) is 18.2 Å². The molecule has 0 spiro atoms. The van der Waals surface area contributed by atoms with Gasteiger partial charge in [0.1, 0.15) is 5.69 Å². The Balaban J connectivity index is 1.62. The Morgan fingerprint density at radius 2 is 1.68 bits per heavy atom. The Kier molecular flexibility index (Phi) is 6.57. The first-order valence-electron chi connectivity index (χ1n) is 9.46. The molecule has 28 heavy (non-hydrogen) atoms. The van der Waals surface area contributed by atoms with Crippen molar-refractivity contribution in [1.82, 2.24) is 9.97 Å². The van der Waals surface area contributed by atoms with E-state index in [9.17, 15) is 4.79 Å². The summed E-state index contributed by atoms with van der Waals surface area (Å²) in [6.45, 7) is 6.73. The van der Waals surface area contributed by atoms with Crippen molar-refractivity contribution >= 4 is 23.2 Å². The standard InChI is InChI=1S/C22H25N5O/c1-3-27(4-2)19-12-10-18(11-13-19)25-21(28)20-14-15-23-22(26-20)24-16-17-8-6-5-7-9-17/h5-15H,3-4,16H2,1-2H3,(H,25,28)(H,23,24,26). The van der Waals surface area contributed by atoms with E-state index in [4.69, 9.17) is 0 Å². The summed E-state index contributed by atoms with van der Waals surface area (Å²) < 4.78 is 0. The van der Waals surface area contributed by atoms with Crippen molar-refractivity contribution in [2.24, 2.45) is 0 Å². The fraction of sp³-hybridized carbons (Fsp3) is 0.227. The van der Waals surface area contributed by atoms with Crippen LogP contribution < -0.4 is 15.5 Å². The van der Waals surface area contributed by atoms with Crippen molar-refractivity contribution < 1.29 is 4.79 Å². The topological polar surface area (TPSA) is 70.2 Å². The molecule has 0 saturated heterocycles. The molecule has 3 aromatic rings. The van der Waals surface area contributed by atoms with Gasteiger partial charge in [-0.3, -0.25) is 4.79 Å². The number of amides is 1. The van der Waals surface area contributed by atoms with Crippen molar-refractivity contribution in [2.45, 2.75) is 20.4 Å². The van der Waals surface area contributed by atoms with Gasteiger partial charge in [0.15, 0.2) is 0 Å². The Bertz CT molecular complexity index is 892. The van der Waals surface area contributed by atoms with Gasteiger partial charge in [-0.15, -0.1) is 0 Å². The molecule has 1 aromatic heterocycles. The molecule has 0 aliphatic carbocycles. The molecular weight excluding hydrogens is 350 g/mol. The third-order valence-electron chi connectivity index (χ3n) is 4.44. The second kappa shape index (κ2) is 9.50. The van der Waals surface area contributed by atoms with Gasteiger partial charge < -0.3 is 15.5 Å². The molecule has 3 rings (SSSR count). The minimum absolute atomic E-state index is 0.263. The van der Waals surface area contributed by atoms with Crippen LogP contribution in [0.15, 0.2) is 66.9 Å². The molecule has 0 aliphatic heterocycles. The maximum absolute atomic E-state index is 12.5. The zero-order valence-electron chi connectivity index (χ0n) is 16.2. The minimum atomic E-state index is -0.263. The lowest BCUT2D eigenvalue weighted by Gasteiger charge is -2.21. The summed E-state index contributed by atoms with van der Waals surface area (Å²) in [4.78, 5) is 23.3. The van der Waals surface area contributed by atoms with Gasteiger partial charge in [0.05, 0.1) is 0 Å². The van der Waals surface area contributed by atoms with Gasteiger partial charge in [-0.25, -0.2) is 9.97 Å². The molecule has 0 aliphatic rings. The summed E-state index contributed by atoms with van der Waals surface area (Å²) >= 11 is 0. The molecule has 0 saturated carbocycles. The van der Waals surface area contributed by atoms with E-state index in [1.165, 1.54) is 0 Å². The molecule has 0 bridgehead atoms. The summed E-state index contributed by atoms with van der Waals surface area (Å²) in [6.07, 6.45) is 1.58. The van der Waals surface area contributed by atoms with Gasteiger partial charge in [0, 0.05) is 37.2 Å². The second-order valence-corrected chi connectivity index (χ2v) is 6.28. The monoisotopic (exact) mass is 375 g/mol. The van der Waals surface area contributed by atoms with Crippen LogP contribution >= 0.6 is 0 Å². The number of hydrogen-bond acceptors (Lipinski definition) is 5. The van der Waals surface area contributed by atoms with E-state index in [-0.39, 0.29) is 5.91 Å². The number of aromatic nitrogens is 2. The predicted molar refractivity (Wildman–Crippen MR) is 114 cm³/mol. The number of rotatable bonds is 8. The quantitative estimate of drug-likeness (QED) is 0.618. The van der Waals surface area contributed by atoms with Crippen LogP contribution in [0.1, 0.15) is 29.9 Å². The van der Waals surface area contributed by atoms with Crippen molar-refractivity contribution in [3.63, 3.8) is 0 Å². The molecule has 6 heteroatoms. The van der Waals surface area contributed by atoms with Gasteiger partial charge in [-0.05, 0) is 49.7 Å². The van der Waals surface area contributed by atoms with Crippen molar-refractivity contribution in [3.05, 3.63) is 78.1 Å². The van der Waals surface area contributed by atoms with Crippen LogP contribution in [0.25, 0.3) is 0 Å². The SMILES string of the molecule is CCN(CC)c1ccc(NC(=O)c2ccnc(NCc3ccccc3)n2)cc1. The number of nitrogens with one attached hydrogen (secondary N) is 2. The third-order valence-corrected chi connectivity index (χ3v) is 4.44. The lowest BCUT2D eigenvalue weighted by molar-refractivity contribution is 0.102. The Morgan fingerprint density at radius 3 is 2.36 bits per heavy atom. The Hall–Kier alpha value is -3.41. The van der Waals surface area contributed by atoms with E-state index in [1.807, 2.05) is 54.6 Å². The molecule has 0 fully saturated rings. The number of carbonyl (C=O) groups is 1. The lowest BCUT2D eigenvalue weighted by Crippen LogP contribution is -2.21. The fourth-order valence-electron chi connectivity index (χ4n) is 2.89. The van der Waals surface area contributed by atoms with Gasteiger partial charge >= 0.3 is 0 Å². The summed E-state index contributed by atoms with van der Waals surface area (Å²) in [7, 11) is 0. The van der Waals surface area contributed by atoms with Crippen LogP contribution in [0.5, 0.6) is 0 Å². The normalized spacial score (nSPS) is 10.4. The largest absolute Gasteiger partial charge is 0.372 e. The molecule has 2 aromatic carbocycles. The van der Waals surface area contributed by atoms with Gasteiger partial charge in [-0.2, -0.15) is 0 Å². The van der Waals surface area contributed by atoms with E-state index < -0.39 is 0 Å². The van der Waals surface area contributed by atoms with Crippen LogP contribution in [0.2, 0.25) is 0 Å². The molecule has 6 nitrogen and oxygen atoms in total. The van der Waals surface area contributed by atoms with Crippen molar-refractivity contribution in [3.8, 4) is 0 Å². The summed E-state index contributed by atoms with van der Waals surface area (Å²) in [6, 6.07) is 19.4. The number of nitrogens with zero attached hydrogens (tertiary/aromatic N) is 3. The number of anilines is 3. The highest BCUT2D eigenvalue weighted by Gasteiger charge is 2.10. The van der Waals surface area contributed by atoms with Crippen LogP contribution in [0.3, 0.4) is 0 Å². The van der Waals surface area contributed by atoms with E-state index in [0.717, 1.165) is 30.0 Å². The lowest BCUT2D eigenvalue weighted by atomic mass is 10.2. The first-order valence-corrected chi connectivity index (χ1v) is 9.46. The molecule has 0 atom stereocenters. The molecular formula is C22H25N5O. The molecule has 1 amide bonds. The summed E-state index contributed by atoms with van der Waals surface area (Å²) in [5.74, 6) is 0.161. The first-order chi connectivity index (χ1) is 13.7. The highest BCUT2D eigenvalue weighted by Crippen LogP contribution is 2.18. The smallest absolute Gasteiger partial charge is 0.274 e. The van der Waals surface area contributed by atoms with Gasteiger partial charge in [0.25, 0.3) is 5.91 Å². The van der Waals surface area contributed by atoms with Crippen LogP contribution in [-0.4, -0.2) is 29.0 Å². The predicted octanol–water partition coefficient (Wildman–Crippen LogP) is 4.19. The number of hydrogen-bond donors (Lipinski definition) is 2. The van der Waals surface area contributed by atoms with Crippen LogP contribution in [-0.2, 0) is 6.54 Å². The molecule has 0 radical (unpaired) electrons. The molecule has 2 N–H and O–H groups in total. The average molecular weight is 375 g/mol. The average Bonchev–Trinajstić information content (AvgIpc) is 2.75. The first kappa shape index (κ1) is 19.4. The zero-order valence-corrected chi connectivity index (χ0v) is 16.2.